The molecule has 1 fully saturated rings. The first-order chi connectivity index (χ1) is 13.0. The van der Waals surface area contributed by atoms with Crippen LogP contribution in [0, 0.1) is 6.92 Å². The topological polar surface area (TPSA) is 61.8 Å². The maximum absolute atomic E-state index is 12.6. The second-order valence-electron chi connectivity index (χ2n) is 7.36. The molecule has 4 rings (SSSR count). The number of carbonyl (C=O) groups is 2. The van der Waals surface area contributed by atoms with Crippen LogP contribution < -0.4 is 5.32 Å². The van der Waals surface area contributed by atoms with Crippen molar-refractivity contribution in [1.29, 1.82) is 0 Å². The van der Waals surface area contributed by atoms with Gasteiger partial charge < -0.3 is 10.2 Å². The average molecular weight is 361 g/mol. The average Bonchev–Trinajstić information content (AvgIpc) is 2.99. The summed E-state index contributed by atoms with van der Waals surface area (Å²) in [6.07, 6.45) is 1.71. The molecule has 2 aromatic rings. The van der Waals surface area contributed by atoms with E-state index in [1.165, 1.54) is 0 Å². The molecule has 0 aromatic heterocycles. The van der Waals surface area contributed by atoms with Gasteiger partial charge in [0.25, 0.3) is 5.91 Å². The fraction of sp³-hybridized carbons (Fsp3) is 0.318. The largest absolute Gasteiger partial charge is 0.342 e. The fourth-order valence-electron chi connectivity index (χ4n) is 3.72. The molecule has 0 radical (unpaired) electrons. The van der Waals surface area contributed by atoms with E-state index in [0.717, 1.165) is 16.7 Å². The minimum atomic E-state index is -0.569. The molecule has 27 heavy (non-hydrogen) atoms. The van der Waals surface area contributed by atoms with Gasteiger partial charge in [-0.15, -0.1) is 0 Å². The molecule has 1 spiro atoms. The number of benzene rings is 2. The number of nitrogens with one attached hydrogen (secondary N) is 1. The third-order valence-electron chi connectivity index (χ3n) is 5.35. The van der Waals surface area contributed by atoms with Crippen molar-refractivity contribution in [1.82, 2.24) is 10.2 Å². The number of likely N-dealkylation sites (tertiary alicyclic amines) is 1. The first kappa shape index (κ1) is 17.5. The Bertz CT molecular complexity index is 880. The van der Waals surface area contributed by atoms with E-state index in [4.69, 9.17) is 4.99 Å². The Hall–Kier alpha value is -2.95. The van der Waals surface area contributed by atoms with E-state index in [9.17, 15) is 9.59 Å². The van der Waals surface area contributed by atoms with Gasteiger partial charge in [-0.1, -0.05) is 60.2 Å². The van der Waals surface area contributed by atoms with Crippen molar-refractivity contribution in [3.63, 3.8) is 0 Å². The summed E-state index contributed by atoms with van der Waals surface area (Å²) in [5.74, 6) is 0.00558. The molecular weight excluding hydrogens is 338 g/mol. The van der Waals surface area contributed by atoms with Crippen LogP contribution in [0.5, 0.6) is 0 Å². The standard InChI is InChI=1S/C22H23N3O2/c1-16-7-9-18(10-8-16)20-21(27)24-22(23-20)11-13-25(14-12-22)19(26)15-17-5-3-2-4-6-17/h2-10H,11-15H2,1H3,(H,24,27). The molecular formula is C22H23N3O2. The molecule has 0 unspecified atom stereocenters. The smallest absolute Gasteiger partial charge is 0.272 e. The highest BCUT2D eigenvalue weighted by molar-refractivity contribution is 6.46. The fourth-order valence-corrected chi connectivity index (χ4v) is 3.72. The summed E-state index contributed by atoms with van der Waals surface area (Å²) in [5, 5.41) is 3.06. The highest BCUT2D eigenvalue weighted by atomic mass is 16.2. The number of piperidine rings is 1. The summed E-state index contributed by atoms with van der Waals surface area (Å²) in [7, 11) is 0. The highest BCUT2D eigenvalue weighted by Crippen LogP contribution is 2.29. The van der Waals surface area contributed by atoms with Crippen LogP contribution in [0.15, 0.2) is 59.6 Å². The molecule has 0 saturated carbocycles. The van der Waals surface area contributed by atoms with Gasteiger partial charge in [-0.3, -0.25) is 14.6 Å². The van der Waals surface area contributed by atoms with Crippen LogP contribution >= 0.6 is 0 Å². The van der Waals surface area contributed by atoms with Crippen molar-refractivity contribution >= 4 is 17.5 Å². The SMILES string of the molecule is Cc1ccc(C2=NC3(CCN(C(=O)Cc4ccccc4)CC3)NC2=O)cc1. The lowest BCUT2D eigenvalue weighted by Gasteiger charge is -2.37. The Morgan fingerprint density at radius 1 is 1.07 bits per heavy atom. The third kappa shape index (κ3) is 3.63. The Kier molecular flexibility index (Phi) is 4.52. The van der Waals surface area contributed by atoms with Gasteiger partial charge in [-0.25, -0.2) is 0 Å². The van der Waals surface area contributed by atoms with E-state index in [1.54, 1.807) is 0 Å². The molecule has 2 aliphatic rings. The number of hydrogen-bond donors (Lipinski definition) is 1. The van der Waals surface area contributed by atoms with Gasteiger partial charge in [0.2, 0.25) is 5.91 Å². The number of aryl methyl sites for hydroxylation is 1. The van der Waals surface area contributed by atoms with Crippen LogP contribution in [0.2, 0.25) is 0 Å². The molecule has 2 amide bonds. The number of carbonyl (C=O) groups excluding carboxylic acids is 2. The number of nitrogens with zero attached hydrogens (tertiary/aromatic N) is 2. The Labute approximate surface area is 159 Å². The zero-order chi connectivity index (χ0) is 18.9. The van der Waals surface area contributed by atoms with Gasteiger partial charge in [0.1, 0.15) is 11.4 Å². The van der Waals surface area contributed by atoms with Gasteiger partial charge in [0.15, 0.2) is 0 Å². The third-order valence-corrected chi connectivity index (χ3v) is 5.35. The molecule has 1 saturated heterocycles. The minimum Gasteiger partial charge on any atom is -0.342 e. The molecule has 2 aliphatic heterocycles. The number of aliphatic imine (C=N–C) groups is 1. The second-order valence-corrected chi connectivity index (χ2v) is 7.36. The van der Waals surface area contributed by atoms with Gasteiger partial charge >= 0.3 is 0 Å². The summed E-state index contributed by atoms with van der Waals surface area (Å²) in [5.41, 5.74) is 2.95. The lowest BCUT2D eigenvalue weighted by molar-refractivity contribution is -0.132. The first-order valence-corrected chi connectivity index (χ1v) is 9.36. The Morgan fingerprint density at radius 2 is 1.74 bits per heavy atom. The van der Waals surface area contributed by atoms with Crippen molar-refractivity contribution in [2.45, 2.75) is 31.8 Å². The lowest BCUT2D eigenvalue weighted by atomic mass is 9.97. The summed E-state index contributed by atoms with van der Waals surface area (Å²) in [4.78, 5) is 31.7. The zero-order valence-electron chi connectivity index (χ0n) is 15.4. The summed E-state index contributed by atoms with van der Waals surface area (Å²) in [6, 6.07) is 17.6. The van der Waals surface area contributed by atoms with Crippen LogP contribution in [0.4, 0.5) is 0 Å². The predicted octanol–water partition coefficient (Wildman–Crippen LogP) is 2.48. The van der Waals surface area contributed by atoms with Crippen molar-refractivity contribution < 1.29 is 9.59 Å². The molecule has 2 heterocycles. The zero-order valence-corrected chi connectivity index (χ0v) is 15.4. The maximum atomic E-state index is 12.6. The number of hydrogen-bond acceptors (Lipinski definition) is 3. The Morgan fingerprint density at radius 3 is 2.41 bits per heavy atom. The van der Waals surface area contributed by atoms with Crippen molar-refractivity contribution in [2.75, 3.05) is 13.1 Å². The molecule has 5 heteroatoms. The summed E-state index contributed by atoms with van der Waals surface area (Å²) < 4.78 is 0. The number of rotatable bonds is 3. The maximum Gasteiger partial charge on any atom is 0.272 e. The van der Waals surface area contributed by atoms with E-state index in [1.807, 2.05) is 66.4 Å². The van der Waals surface area contributed by atoms with Crippen LogP contribution in [0.1, 0.15) is 29.5 Å². The summed E-state index contributed by atoms with van der Waals surface area (Å²) >= 11 is 0. The quantitative estimate of drug-likeness (QED) is 0.913. The summed E-state index contributed by atoms with van der Waals surface area (Å²) in [6.45, 7) is 3.23. The predicted molar refractivity (Wildman–Crippen MR) is 105 cm³/mol. The normalized spacial score (nSPS) is 18.3. The van der Waals surface area contributed by atoms with Crippen molar-refractivity contribution in [3.8, 4) is 0 Å². The van der Waals surface area contributed by atoms with Gasteiger partial charge in [-0.2, -0.15) is 0 Å². The molecule has 1 N–H and O–H groups in total. The van der Waals surface area contributed by atoms with E-state index in [0.29, 0.717) is 38.1 Å². The van der Waals surface area contributed by atoms with Gasteiger partial charge in [0, 0.05) is 31.5 Å². The van der Waals surface area contributed by atoms with Crippen LogP contribution in [0.25, 0.3) is 0 Å². The first-order valence-electron chi connectivity index (χ1n) is 9.36. The molecule has 2 aromatic carbocycles. The van der Waals surface area contributed by atoms with Crippen LogP contribution in [0.3, 0.4) is 0 Å². The molecule has 0 aliphatic carbocycles. The highest BCUT2D eigenvalue weighted by Gasteiger charge is 2.42. The van der Waals surface area contributed by atoms with Crippen molar-refractivity contribution in [2.24, 2.45) is 4.99 Å². The molecule has 138 valence electrons. The molecule has 0 bridgehead atoms. The van der Waals surface area contributed by atoms with E-state index in [-0.39, 0.29) is 11.8 Å². The van der Waals surface area contributed by atoms with Crippen molar-refractivity contribution in [3.05, 3.63) is 71.3 Å². The van der Waals surface area contributed by atoms with E-state index in [2.05, 4.69) is 5.32 Å². The minimum absolute atomic E-state index is 0.122. The molecule has 0 atom stereocenters. The van der Waals surface area contributed by atoms with Gasteiger partial charge in [-0.05, 0) is 12.5 Å². The van der Waals surface area contributed by atoms with Crippen LogP contribution in [-0.2, 0) is 16.0 Å². The van der Waals surface area contributed by atoms with Gasteiger partial charge in [0.05, 0.1) is 6.42 Å². The van der Waals surface area contributed by atoms with Crippen LogP contribution in [-0.4, -0.2) is 41.2 Å². The molecule has 5 nitrogen and oxygen atoms in total. The number of amides is 2. The van der Waals surface area contributed by atoms with E-state index < -0.39 is 5.66 Å². The Balaban J connectivity index is 1.43. The monoisotopic (exact) mass is 361 g/mol. The lowest BCUT2D eigenvalue weighted by Crippen LogP contribution is -2.52. The van der Waals surface area contributed by atoms with E-state index >= 15 is 0 Å². The second kappa shape index (κ2) is 6.99.